The minimum absolute atomic E-state index is 0.554. The molecule has 16 heavy (non-hydrogen) atoms. The Kier molecular flexibility index (Phi) is 4.85. The maximum atomic E-state index is 9.68. The van der Waals surface area contributed by atoms with Gasteiger partial charge in [0, 0.05) is 7.11 Å². The summed E-state index contributed by atoms with van der Waals surface area (Å²) >= 11 is 0. The Morgan fingerprint density at radius 2 is 2.12 bits per heavy atom. The van der Waals surface area contributed by atoms with Gasteiger partial charge in [0.25, 0.3) is 0 Å². The van der Waals surface area contributed by atoms with Gasteiger partial charge < -0.3 is 14.6 Å². The molecular weight excluding hydrogens is 210 g/mol. The first-order valence-electron chi connectivity index (χ1n) is 5.23. The Morgan fingerprint density at radius 3 is 2.69 bits per heavy atom. The van der Waals surface area contributed by atoms with Crippen LogP contribution in [-0.2, 0) is 21.6 Å². The van der Waals surface area contributed by atoms with Crippen LogP contribution in [0.2, 0.25) is 0 Å². The lowest BCUT2D eigenvalue weighted by Gasteiger charge is -2.11. The molecule has 1 rings (SSSR count). The summed E-state index contributed by atoms with van der Waals surface area (Å²) in [5.41, 5.74) is -0.390. The van der Waals surface area contributed by atoms with Gasteiger partial charge in [-0.05, 0) is 13.8 Å². The normalized spacial score (nSPS) is 12.0. The number of hydrogen-bond donors (Lipinski definition) is 1. The van der Waals surface area contributed by atoms with Crippen molar-refractivity contribution in [3.05, 3.63) is 11.9 Å². The molecule has 6 heteroatoms. The summed E-state index contributed by atoms with van der Waals surface area (Å²) in [5.74, 6) is 0. The zero-order valence-electron chi connectivity index (χ0n) is 10.0. The zero-order chi connectivity index (χ0) is 12.0. The highest BCUT2D eigenvalue weighted by Crippen LogP contribution is 2.15. The van der Waals surface area contributed by atoms with Gasteiger partial charge in [-0.2, -0.15) is 0 Å². The first kappa shape index (κ1) is 13.1. The Balaban J connectivity index is 2.30. The van der Waals surface area contributed by atoms with Crippen LogP contribution in [0, 0.1) is 0 Å². The number of nitrogens with zero attached hydrogens (tertiary/aromatic N) is 3. The van der Waals surface area contributed by atoms with Gasteiger partial charge in [-0.25, -0.2) is 4.68 Å². The standard InChI is InChI=1S/C10H19N3O3/c1-10(2,14)9-8-13(12-11-9)4-5-16-7-6-15-3/h8,14H,4-7H2,1-3H3. The summed E-state index contributed by atoms with van der Waals surface area (Å²) in [6.07, 6.45) is 1.72. The largest absolute Gasteiger partial charge is 0.384 e. The number of aromatic nitrogens is 3. The van der Waals surface area contributed by atoms with E-state index in [2.05, 4.69) is 10.3 Å². The van der Waals surface area contributed by atoms with Crippen LogP contribution in [-0.4, -0.2) is 47.0 Å². The third kappa shape index (κ3) is 4.26. The maximum Gasteiger partial charge on any atom is 0.114 e. The topological polar surface area (TPSA) is 69.4 Å². The zero-order valence-corrected chi connectivity index (χ0v) is 10.0. The summed E-state index contributed by atoms with van der Waals surface area (Å²) in [6, 6.07) is 0. The highest BCUT2D eigenvalue weighted by atomic mass is 16.5. The van der Waals surface area contributed by atoms with Gasteiger partial charge in [0.05, 0.1) is 32.6 Å². The van der Waals surface area contributed by atoms with Crippen LogP contribution in [0.15, 0.2) is 6.20 Å². The molecule has 0 aliphatic rings. The first-order valence-corrected chi connectivity index (χ1v) is 5.23. The third-order valence-corrected chi connectivity index (χ3v) is 2.06. The van der Waals surface area contributed by atoms with E-state index in [1.807, 2.05) is 0 Å². The van der Waals surface area contributed by atoms with E-state index in [-0.39, 0.29) is 0 Å². The fourth-order valence-electron chi connectivity index (χ4n) is 1.09. The Bertz CT molecular complexity index is 307. The lowest BCUT2D eigenvalue weighted by Crippen LogP contribution is -2.16. The molecular formula is C10H19N3O3. The molecule has 0 fully saturated rings. The molecule has 1 N–H and O–H groups in total. The van der Waals surface area contributed by atoms with E-state index in [9.17, 15) is 5.11 Å². The van der Waals surface area contributed by atoms with E-state index in [0.717, 1.165) is 0 Å². The lowest BCUT2D eigenvalue weighted by atomic mass is 10.1. The predicted octanol–water partition coefficient (Wildman–Crippen LogP) is 0.168. The quantitative estimate of drug-likeness (QED) is 0.675. The Hall–Kier alpha value is -0.980. The van der Waals surface area contributed by atoms with Crippen LogP contribution in [0.1, 0.15) is 19.5 Å². The average Bonchev–Trinajstić information content (AvgIpc) is 2.65. The van der Waals surface area contributed by atoms with Gasteiger partial charge in [-0.3, -0.25) is 0 Å². The van der Waals surface area contributed by atoms with Gasteiger partial charge in [0.15, 0.2) is 0 Å². The molecule has 0 aliphatic carbocycles. The van der Waals surface area contributed by atoms with Gasteiger partial charge >= 0.3 is 0 Å². The molecule has 0 amide bonds. The highest BCUT2D eigenvalue weighted by molar-refractivity contribution is 5.02. The van der Waals surface area contributed by atoms with Crippen LogP contribution in [0.5, 0.6) is 0 Å². The second-order valence-corrected chi connectivity index (χ2v) is 4.03. The first-order chi connectivity index (χ1) is 7.54. The molecule has 0 spiro atoms. The smallest absolute Gasteiger partial charge is 0.114 e. The molecule has 0 unspecified atom stereocenters. The lowest BCUT2D eigenvalue weighted by molar-refractivity contribution is 0.0650. The van der Waals surface area contributed by atoms with Crippen LogP contribution in [0.25, 0.3) is 0 Å². The van der Waals surface area contributed by atoms with Crippen LogP contribution < -0.4 is 0 Å². The third-order valence-electron chi connectivity index (χ3n) is 2.06. The molecule has 0 saturated heterocycles. The molecule has 0 atom stereocenters. The minimum Gasteiger partial charge on any atom is -0.384 e. The second-order valence-electron chi connectivity index (χ2n) is 4.03. The molecule has 1 aromatic heterocycles. The van der Waals surface area contributed by atoms with Crippen LogP contribution in [0.3, 0.4) is 0 Å². The monoisotopic (exact) mass is 229 g/mol. The van der Waals surface area contributed by atoms with Crippen molar-refractivity contribution in [3.63, 3.8) is 0 Å². The maximum absolute atomic E-state index is 9.68. The summed E-state index contributed by atoms with van der Waals surface area (Å²) in [7, 11) is 1.64. The average molecular weight is 229 g/mol. The van der Waals surface area contributed by atoms with Crippen molar-refractivity contribution in [3.8, 4) is 0 Å². The van der Waals surface area contributed by atoms with Crippen molar-refractivity contribution in [2.24, 2.45) is 0 Å². The van der Waals surface area contributed by atoms with Crippen molar-refractivity contribution in [2.45, 2.75) is 26.0 Å². The van der Waals surface area contributed by atoms with E-state index in [4.69, 9.17) is 9.47 Å². The summed E-state index contributed by atoms with van der Waals surface area (Å²) in [6.45, 7) is 5.69. The molecule has 0 aromatic carbocycles. The number of ether oxygens (including phenoxy) is 2. The van der Waals surface area contributed by atoms with Gasteiger partial charge in [0.1, 0.15) is 11.3 Å². The minimum atomic E-state index is -0.949. The Morgan fingerprint density at radius 1 is 1.38 bits per heavy atom. The Labute approximate surface area is 95.2 Å². The van der Waals surface area contributed by atoms with Crippen molar-refractivity contribution in [1.29, 1.82) is 0 Å². The number of hydrogen-bond acceptors (Lipinski definition) is 5. The highest BCUT2D eigenvalue weighted by Gasteiger charge is 2.19. The molecule has 0 radical (unpaired) electrons. The molecule has 0 bridgehead atoms. The predicted molar refractivity (Wildman–Crippen MR) is 58.0 cm³/mol. The van der Waals surface area contributed by atoms with Crippen molar-refractivity contribution < 1.29 is 14.6 Å². The SMILES string of the molecule is COCCOCCn1cc(C(C)(C)O)nn1. The second kappa shape index (κ2) is 5.93. The number of aliphatic hydroxyl groups is 1. The van der Waals surface area contributed by atoms with Crippen molar-refractivity contribution in [1.82, 2.24) is 15.0 Å². The fraction of sp³-hybridized carbons (Fsp3) is 0.800. The number of methoxy groups -OCH3 is 1. The molecule has 0 saturated carbocycles. The van der Waals surface area contributed by atoms with Crippen molar-refractivity contribution >= 4 is 0 Å². The molecule has 1 aromatic rings. The summed E-state index contributed by atoms with van der Waals surface area (Å²) in [4.78, 5) is 0. The van der Waals surface area contributed by atoms with Crippen molar-refractivity contribution in [2.75, 3.05) is 26.9 Å². The van der Waals surface area contributed by atoms with Crippen LogP contribution in [0.4, 0.5) is 0 Å². The number of rotatable bonds is 7. The van der Waals surface area contributed by atoms with E-state index < -0.39 is 5.60 Å². The van der Waals surface area contributed by atoms with Gasteiger partial charge in [0.2, 0.25) is 0 Å². The van der Waals surface area contributed by atoms with Gasteiger partial charge in [-0.15, -0.1) is 5.10 Å². The van der Waals surface area contributed by atoms with E-state index in [1.165, 1.54) is 0 Å². The van der Waals surface area contributed by atoms with E-state index in [1.54, 1.807) is 31.8 Å². The molecule has 1 heterocycles. The van der Waals surface area contributed by atoms with E-state index in [0.29, 0.717) is 32.1 Å². The fourth-order valence-corrected chi connectivity index (χ4v) is 1.09. The van der Waals surface area contributed by atoms with Crippen LogP contribution >= 0.6 is 0 Å². The summed E-state index contributed by atoms with van der Waals surface area (Å²) < 4.78 is 11.8. The van der Waals surface area contributed by atoms with Gasteiger partial charge in [-0.1, -0.05) is 5.21 Å². The molecule has 0 aliphatic heterocycles. The molecule has 6 nitrogen and oxygen atoms in total. The molecule has 92 valence electrons. The van der Waals surface area contributed by atoms with E-state index >= 15 is 0 Å². The summed E-state index contributed by atoms with van der Waals surface area (Å²) in [5, 5.41) is 17.5.